The molecule has 1 heterocycles. The minimum Gasteiger partial charge on any atom is -0.497 e. The van der Waals surface area contributed by atoms with Gasteiger partial charge in [0, 0.05) is 19.6 Å². The molecule has 8 nitrogen and oxygen atoms in total. The number of carbonyl (C=O) groups excluding carboxylic acids is 2. The van der Waals surface area contributed by atoms with Crippen molar-refractivity contribution in [1.29, 1.82) is 0 Å². The minimum atomic E-state index is -3.75. The molecular formula is C28H31N3O5S. The Morgan fingerprint density at radius 3 is 2.41 bits per heavy atom. The van der Waals surface area contributed by atoms with Crippen molar-refractivity contribution in [2.45, 2.75) is 24.2 Å². The molecule has 9 heteroatoms. The van der Waals surface area contributed by atoms with Crippen LogP contribution >= 0.6 is 0 Å². The monoisotopic (exact) mass is 521 g/mol. The van der Waals surface area contributed by atoms with Crippen LogP contribution in [-0.4, -0.2) is 51.3 Å². The molecular weight excluding hydrogens is 490 g/mol. The first-order chi connectivity index (χ1) is 17.9. The maximum Gasteiger partial charge on any atom is 0.253 e. The smallest absolute Gasteiger partial charge is 0.253 e. The molecule has 1 aliphatic heterocycles. The summed E-state index contributed by atoms with van der Waals surface area (Å²) in [6, 6.07) is 22.9. The average molecular weight is 522 g/mol. The highest BCUT2D eigenvalue weighted by atomic mass is 32.2. The third kappa shape index (κ3) is 6.55. The standard InChI is InChI=1S/C28H31N3O5S/c1-36-23-13-15-24(16-14-23)37(34,35)31-19-7-10-22(20-31)27(32)30-26-12-6-5-11-25(26)28(33)29-18-17-21-8-3-2-4-9-21/h2-6,8-9,11-16,22H,7,10,17-20H2,1H3,(H,29,33)(H,30,32)/t22-/m1/s1. The maximum absolute atomic E-state index is 13.2. The number of ether oxygens (including phenoxy) is 1. The fourth-order valence-electron chi connectivity index (χ4n) is 4.36. The normalized spacial score (nSPS) is 16.1. The second-order valence-electron chi connectivity index (χ2n) is 8.90. The molecule has 3 aromatic carbocycles. The highest BCUT2D eigenvalue weighted by Crippen LogP contribution is 2.26. The van der Waals surface area contributed by atoms with Gasteiger partial charge in [-0.2, -0.15) is 4.31 Å². The second-order valence-corrected chi connectivity index (χ2v) is 10.8. The summed E-state index contributed by atoms with van der Waals surface area (Å²) in [6.45, 7) is 0.885. The van der Waals surface area contributed by atoms with Gasteiger partial charge in [-0.25, -0.2) is 8.42 Å². The predicted octanol–water partition coefficient (Wildman–Crippen LogP) is 3.71. The van der Waals surface area contributed by atoms with Crippen molar-refractivity contribution < 1.29 is 22.7 Å². The molecule has 3 aromatic rings. The molecule has 0 radical (unpaired) electrons. The Labute approximate surface area is 217 Å². The lowest BCUT2D eigenvalue weighted by Gasteiger charge is -2.31. The number of para-hydroxylation sites is 1. The summed E-state index contributed by atoms with van der Waals surface area (Å²) in [5, 5.41) is 5.77. The van der Waals surface area contributed by atoms with Crippen LogP contribution in [-0.2, 0) is 21.2 Å². The van der Waals surface area contributed by atoms with Crippen LogP contribution in [0.5, 0.6) is 5.75 Å². The lowest BCUT2D eigenvalue weighted by atomic mass is 9.98. The molecule has 0 bridgehead atoms. The van der Waals surface area contributed by atoms with Crippen LogP contribution in [0.25, 0.3) is 0 Å². The number of amides is 2. The van der Waals surface area contributed by atoms with Gasteiger partial charge in [-0.3, -0.25) is 9.59 Å². The summed E-state index contributed by atoms with van der Waals surface area (Å²) in [6.07, 6.45) is 1.82. The Bertz CT molecular complexity index is 1330. The molecule has 194 valence electrons. The number of hydrogen-bond donors (Lipinski definition) is 2. The van der Waals surface area contributed by atoms with Gasteiger partial charge in [0.25, 0.3) is 5.91 Å². The number of methoxy groups -OCH3 is 1. The van der Waals surface area contributed by atoms with E-state index in [1.54, 1.807) is 36.4 Å². The third-order valence-electron chi connectivity index (χ3n) is 6.42. The molecule has 1 fully saturated rings. The Hall–Kier alpha value is -3.69. The summed E-state index contributed by atoms with van der Waals surface area (Å²) in [4.78, 5) is 26.2. The minimum absolute atomic E-state index is 0.0750. The maximum atomic E-state index is 13.2. The molecule has 1 aliphatic rings. The van der Waals surface area contributed by atoms with Crippen LogP contribution in [0.2, 0.25) is 0 Å². The molecule has 0 aromatic heterocycles. The summed E-state index contributed by atoms with van der Waals surface area (Å²) >= 11 is 0. The van der Waals surface area contributed by atoms with Gasteiger partial charge in [-0.15, -0.1) is 0 Å². The Balaban J connectivity index is 1.39. The van der Waals surface area contributed by atoms with E-state index in [2.05, 4.69) is 10.6 Å². The molecule has 0 aliphatic carbocycles. The number of sulfonamides is 1. The molecule has 0 unspecified atom stereocenters. The molecule has 37 heavy (non-hydrogen) atoms. The number of rotatable bonds is 9. The third-order valence-corrected chi connectivity index (χ3v) is 8.30. The van der Waals surface area contributed by atoms with Gasteiger partial charge in [-0.05, 0) is 61.2 Å². The Kier molecular flexibility index (Phi) is 8.58. The first-order valence-corrected chi connectivity index (χ1v) is 13.7. The highest BCUT2D eigenvalue weighted by Gasteiger charge is 2.33. The highest BCUT2D eigenvalue weighted by molar-refractivity contribution is 7.89. The van der Waals surface area contributed by atoms with E-state index in [1.807, 2.05) is 30.3 Å². The number of benzene rings is 3. The first-order valence-electron chi connectivity index (χ1n) is 12.2. The number of nitrogens with zero attached hydrogens (tertiary/aromatic N) is 1. The lowest BCUT2D eigenvalue weighted by molar-refractivity contribution is -0.120. The summed E-state index contributed by atoms with van der Waals surface area (Å²) < 4.78 is 32.8. The topological polar surface area (TPSA) is 105 Å². The second kappa shape index (κ2) is 12.0. The molecule has 1 atom stereocenters. The quantitative estimate of drug-likeness (QED) is 0.447. The van der Waals surface area contributed by atoms with E-state index >= 15 is 0 Å². The van der Waals surface area contributed by atoms with Gasteiger partial charge in [0.05, 0.1) is 29.2 Å². The van der Waals surface area contributed by atoms with Gasteiger partial charge in [0.2, 0.25) is 15.9 Å². The number of hydrogen-bond acceptors (Lipinski definition) is 5. The number of carbonyl (C=O) groups is 2. The van der Waals surface area contributed by atoms with Crippen LogP contribution in [0.3, 0.4) is 0 Å². The molecule has 0 saturated carbocycles. The van der Waals surface area contributed by atoms with Crippen molar-refractivity contribution in [1.82, 2.24) is 9.62 Å². The zero-order valence-corrected chi connectivity index (χ0v) is 21.5. The Morgan fingerprint density at radius 1 is 0.973 bits per heavy atom. The van der Waals surface area contributed by atoms with Crippen molar-refractivity contribution >= 4 is 27.5 Å². The van der Waals surface area contributed by atoms with E-state index in [-0.39, 0.29) is 23.3 Å². The van der Waals surface area contributed by atoms with Crippen molar-refractivity contribution in [3.63, 3.8) is 0 Å². The number of nitrogens with one attached hydrogen (secondary N) is 2. The fourth-order valence-corrected chi connectivity index (χ4v) is 5.88. The van der Waals surface area contributed by atoms with Gasteiger partial charge in [-0.1, -0.05) is 42.5 Å². The first kappa shape index (κ1) is 26.4. The van der Waals surface area contributed by atoms with Gasteiger partial charge < -0.3 is 15.4 Å². The van der Waals surface area contributed by atoms with Crippen LogP contribution in [0.4, 0.5) is 5.69 Å². The van der Waals surface area contributed by atoms with E-state index < -0.39 is 15.9 Å². The lowest BCUT2D eigenvalue weighted by Crippen LogP contribution is -2.43. The summed E-state index contributed by atoms with van der Waals surface area (Å²) in [5.41, 5.74) is 1.89. The van der Waals surface area contributed by atoms with Crippen LogP contribution in [0.1, 0.15) is 28.8 Å². The number of anilines is 1. The van der Waals surface area contributed by atoms with E-state index in [0.29, 0.717) is 49.4 Å². The number of piperidine rings is 1. The van der Waals surface area contributed by atoms with Crippen molar-refractivity contribution in [3.8, 4) is 5.75 Å². The summed E-state index contributed by atoms with van der Waals surface area (Å²) in [5.74, 6) is -0.549. The molecule has 2 N–H and O–H groups in total. The van der Waals surface area contributed by atoms with E-state index in [1.165, 1.54) is 23.5 Å². The zero-order valence-electron chi connectivity index (χ0n) is 20.7. The van der Waals surface area contributed by atoms with Crippen molar-refractivity contribution in [2.75, 3.05) is 32.1 Å². The SMILES string of the molecule is COc1ccc(S(=O)(=O)N2CCC[C@@H](C(=O)Nc3ccccc3C(=O)NCCc3ccccc3)C2)cc1. The van der Waals surface area contributed by atoms with E-state index in [4.69, 9.17) is 4.74 Å². The largest absolute Gasteiger partial charge is 0.497 e. The van der Waals surface area contributed by atoms with Crippen molar-refractivity contribution in [2.24, 2.45) is 5.92 Å². The Morgan fingerprint density at radius 2 is 1.68 bits per heavy atom. The molecule has 2 amide bonds. The van der Waals surface area contributed by atoms with E-state index in [9.17, 15) is 18.0 Å². The average Bonchev–Trinajstić information content (AvgIpc) is 2.94. The van der Waals surface area contributed by atoms with Crippen molar-refractivity contribution in [3.05, 3.63) is 90.0 Å². The van der Waals surface area contributed by atoms with Crippen LogP contribution < -0.4 is 15.4 Å². The van der Waals surface area contributed by atoms with Gasteiger partial charge in [0.15, 0.2) is 0 Å². The molecule has 0 spiro atoms. The van der Waals surface area contributed by atoms with Crippen LogP contribution in [0, 0.1) is 5.92 Å². The summed E-state index contributed by atoms with van der Waals surface area (Å²) in [7, 11) is -2.23. The fraction of sp³-hybridized carbons (Fsp3) is 0.286. The molecule has 1 saturated heterocycles. The van der Waals surface area contributed by atoms with Gasteiger partial charge in [0.1, 0.15) is 5.75 Å². The predicted molar refractivity (Wildman–Crippen MR) is 142 cm³/mol. The molecule has 4 rings (SSSR count). The van der Waals surface area contributed by atoms with Crippen LogP contribution in [0.15, 0.2) is 83.8 Å². The van der Waals surface area contributed by atoms with Gasteiger partial charge >= 0.3 is 0 Å². The van der Waals surface area contributed by atoms with E-state index in [0.717, 1.165) is 5.56 Å². The zero-order chi connectivity index (χ0) is 26.3.